The SMILES string of the molecule is CO[C@@H]1CCC[C@@H](OC(=O)/C=C\c2ccc(F)cc2[N+](=O)[O-])C1. The van der Waals surface area contributed by atoms with Crippen LogP contribution < -0.4 is 0 Å². The van der Waals surface area contributed by atoms with E-state index in [-0.39, 0.29) is 17.8 Å². The Morgan fingerprint density at radius 3 is 2.83 bits per heavy atom. The lowest BCUT2D eigenvalue weighted by Crippen LogP contribution is -2.28. The first kappa shape index (κ1) is 17.1. The van der Waals surface area contributed by atoms with Crippen molar-refractivity contribution in [3.63, 3.8) is 0 Å². The van der Waals surface area contributed by atoms with Crippen LogP contribution in [-0.2, 0) is 14.3 Å². The van der Waals surface area contributed by atoms with E-state index in [0.717, 1.165) is 37.5 Å². The van der Waals surface area contributed by atoms with Crippen molar-refractivity contribution in [2.75, 3.05) is 7.11 Å². The molecule has 1 aromatic rings. The lowest BCUT2D eigenvalue weighted by atomic mass is 9.95. The minimum atomic E-state index is -0.704. The molecule has 2 atom stereocenters. The van der Waals surface area contributed by atoms with Gasteiger partial charge in [-0.1, -0.05) is 0 Å². The van der Waals surface area contributed by atoms with Crippen LogP contribution in [0.2, 0.25) is 0 Å². The van der Waals surface area contributed by atoms with E-state index >= 15 is 0 Å². The number of nitro benzene ring substituents is 1. The number of carbonyl (C=O) groups is 1. The number of ether oxygens (including phenoxy) is 2. The number of nitrogens with zero attached hydrogens (tertiary/aromatic N) is 1. The highest BCUT2D eigenvalue weighted by Crippen LogP contribution is 2.24. The molecule has 1 aromatic carbocycles. The van der Waals surface area contributed by atoms with Crippen LogP contribution in [0.5, 0.6) is 0 Å². The standard InChI is InChI=1S/C16H18FNO5/c1-22-13-3-2-4-14(10-13)23-16(19)8-6-11-5-7-12(17)9-15(11)18(20)21/h5-9,13-14H,2-4,10H2,1H3/b8-6-/t13-,14-/m1/s1. The average Bonchev–Trinajstić information content (AvgIpc) is 2.53. The Morgan fingerprint density at radius 2 is 2.13 bits per heavy atom. The highest BCUT2D eigenvalue weighted by Gasteiger charge is 2.24. The molecule has 1 fully saturated rings. The largest absolute Gasteiger partial charge is 0.459 e. The molecule has 1 aliphatic carbocycles. The lowest BCUT2D eigenvalue weighted by molar-refractivity contribution is -0.385. The summed E-state index contributed by atoms with van der Waals surface area (Å²) in [6, 6.07) is 3.16. The third-order valence-electron chi connectivity index (χ3n) is 3.78. The van der Waals surface area contributed by atoms with Crippen molar-refractivity contribution in [2.45, 2.75) is 37.9 Å². The fraction of sp³-hybridized carbons (Fsp3) is 0.438. The summed E-state index contributed by atoms with van der Waals surface area (Å²) < 4.78 is 23.6. The number of hydrogen-bond acceptors (Lipinski definition) is 5. The summed E-state index contributed by atoms with van der Waals surface area (Å²) in [6.07, 6.45) is 5.54. The minimum Gasteiger partial charge on any atom is -0.459 e. The van der Waals surface area contributed by atoms with Crippen LogP contribution in [0, 0.1) is 15.9 Å². The monoisotopic (exact) mass is 323 g/mol. The van der Waals surface area contributed by atoms with Gasteiger partial charge in [-0.3, -0.25) is 10.1 Å². The molecule has 0 spiro atoms. The molecule has 0 unspecified atom stereocenters. The average molecular weight is 323 g/mol. The smallest absolute Gasteiger partial charge is 0.331 e. The van der Waals surface area contributed by atoms with Crippen molar-refractivity contribution in [1.82, 2.24) is 0 Å². The number of rotatable bonds is 5. The molecule has 1 saturated carbocycles. The van der Waals surface area contributed by atoms with Gasteiger partial charge < -0.3 is 9.47 Å². The molecule has 124 valence electrons. The number of nitro groups is 1. The topological polar surface area (TPSA) is 78.7 Å². The van der Waals surface area contributed by atoms with E-state index < -0.39 is 22.4 Å². The Kier molecular flexibility index (Phi) is 5.81. The van der Waals surface area contributed by atoms with E-state index in [2.05, 4.69) is 0 Å². The summed E-state index contributed by atoms with van der Waals surface area (Å²) in [6.45, 7) is 0. The normalized spacial score (nSPS) is 21.3. The Morgan fingerprint density at radius 1 is 1.39 bits per heavy atom. The van der Waals surface area contributed by atoms with Gasteiger partial charge in [0.2, 0.25) is 0 Å². The van der Waals surface area contributed by atoms with Gasteiger partial charge in [0.15, 0.2) is 0 Å². The second kappa shape index (κ2) is 7.82. The van der Waals surface area contributed by atoms with Crippen molar-refractivity contribution < 1.29 is 23.6 Å². The molecule has 0 bridgehead atoms. The van der Waals surface area contributed by atoms with E-state index in [1.165, 1.54) is 12.1 Å². The van der Waals surface area contributed by atoms with Gasteiger partial charge in [-0.25, -0.2) is 9.18 Å². The number of halogens is 1. The minimum absolute atomic E-state index is 0.0868. The molecule has 23 heavy (non-hydrogen) atoms. The molecule has 2 rings (SSSR count). The van der Waals surface area contributed by atoms with Crippen LogP contribution in [0.1, 0.15) is 31.2 Å². The van der Waals surface area contributed by atoms with Crippen molar-refractivity contribution in [3.8, 4) is 0 Å². The summed E-state index contributed by atoms with van der Waals surface area (Å²) in [4.78, 5) is 22.0. The first-order chi connectivity index (χ1) is 11.0. The lowest BCUT2D eigenvalue weighted by Gasteiger charge is -2.27. The zero-order chi connectivity index (χ0) is 16.8. The quantitative estimate of drug-likeness (QED) is 0.360. The van der Waals surface area contributed by atoms with E-state index in [1.807, 2.05) is 0 Å². The first-order valence-electron chi connectivity index (χ1n) is 7.35. The van der Waals surface area contributed by atoms with Gasteiger partial charge in [-0.15, -0.1) is 0 Å². The van der Waals surface area contributed by atoms with Gasteiger partial charge in [0.05, 0.1) is 22.7 Å². The van der Waals surface area contributed by atoms with Crippen LogP contribution in [-0.4, -0.2) is 30.2 Å². The number of carbonyl (C=O) groups excluding carboxylic acids is 1. The molecule has 1 aliphatic rings. The summed E-state index contributed by atoms with van der Waals surface area (Å²) in [5, 5.41) is 10.9. The van der Waals surface area contributed by atoms with E-state index in [0.29, 0.717) is 6.42 Å². The van der Waals surface area contributed by atoms with Crippen molar-refractivity contribution in [2.24, 2.45) is 0 Å². The summed E-state index contributed by atoms with van der Waals surface area (Å²) >= 11 is 0. The molecule has 6 nitrogen and oxygen atoms in total. The Balaban J connectivity index is 2.00. The second-order valence-corrected chi connectivity index (χ2v) is 5.38. The van der Waals surface area contributed by atoms with Gasteiger partial charge in [-0.05, 0) is 37.5 Å². The van der Waals surface area contributed by atoms with Gasteiger partial charge >= 0.3 is 5.97 Å². The molecule has 0 N–H and O–H groups in total. The number of hydrogen-bond donors (Lipinski definition) is 0. The fourth-order valence-corrected chi connectivity index (χ4v) is 2.60. The van der Waals surface area contributed by atoms with Crippen LogP contribution in [0.15, 0.2) is 24.3 Å². The van der Waals surface area contributed by atoms with Gasteiger partial charge in [0, 0.05) is 19.6 Å². The number of esters is 1. The van der Waals surface area contributed by atoms with Crippen molar-refractivity contribution in [3.05, 3.63) is 45.8 Å². The molecule has 0 radical (unpaired) electrons. The highest BCUT2D eigenvalue weighted by molar-refractivity contribution is 5.88. The zero-order valence-electron chi connectivity index (χ0n) is 12.7. The first-order valence-corrected chi connectivity index (χ1v) is 7.35. The van der Waals surface area contributed by atoms with Crippen LogP contribution in [0.25, 0.3) is 6.08 Å². The Labute approximate surface area is 133 Å². The van der Waals surface area contributed by atoms with Crippen LogP contribution in [0.4, 0.5) is 10.1 Å². The number of benzene rings is 1. The Hall–Kier alpha value is -2.28. The summed E-state index contributed by atoms with van der Waals surface area (Å²) in [5.41, 5.74) is -0.252. The third-order valence-corrected chi connectivity index (χ3v) is 3.78. The Bertz CT molecular complexity index is 616. The highest BCUT2D eigenvalue weighted by atomic mass is 19.1. The second-order valence-electron chi connectivity index (χ2n) is 5.38. The molecule has 7 heteroatoms. The van der Waals surface area contributed by atoms with Crippen LogP contribution in [0.3, 0.4) is 0 Å². The van der Waals surface area contributed by atoms with Gasteiger partial charge in [0.1, 0.15) is 11.9 Å². The van der Waals surface area contributed by atoms with Crippen molar-refractivity contribution in [1.29, 1.82) is 0 Å². The molecular weight excluding hydrogens is 305 g/mol. The number of methoxy groups -OCH3 is 1. The van der Waals surface area contributed by atoms with E-state index in [9.17, 15) is 19.3 Å². The third kappa shape index (κ3) is 4.85. The predicted octanol–water partition coefficient (Wildman–Crippen LogP) is 3.25. The van der Waals surface area contributed by atoms with Gasteiger partial charge in [0.25, 0.3) is 5.69 Å². The van der Waals surface area contributed by atoms with Gasteiger partial charge in [-0.2, -0.15) is 0 Å². The maximum atomic E-state index is 13.1. The summed E-state index contributed by atoms with van der Waals surface area (Å²) in [7, 11) is 1.63. The van der Waals surface area contributed by atoms with E-state index in [1.54, 1.807) is 7.11 Å². The maximum Gasteiger partial charge on any atom is 0.331 e. The van der Waals surface area contributed by atoms with E-state index in [4.69, 9.17) is 9.47 Å². The van der Waals surface area contributed by atoms with Crippen molar-refractivity contribution >= 4 is 17.7 Å². The zero-order valence-corrected chi connectivity index (χ0v) is 12.7. The molecular formula is C16H18FNO5. The molecule has 0 saturated heterocycles. The molecule has 0 aliphatic heterocycles. The molecule has 0 aromatic heterocycles. The maximum absolute atomic E-state index is 13.1. The fourth-order valence-electron chi connectivity index (χ4n) is 2.60. The van der Waals surface area contributed by atoms with Crippen LogP contribution >= 0.6 is 0 Å². The molecule has 0 heterocycles. The predicted molar refractivity (Wildman–Crippen MR) is 81.2 cm³/mol. The summed E-state index contributed by atoms with van der Waals surface area (Å²) in [5.74, 6) is -1.28. The molecule has 0 amide bonds.